The second-order valence-corrected chi connectivity index (χ2v) is 8.21. The highest BCUT2D eigenvalue weighted by molar-refractivity contribution is 8.18. The SMILES string of the molecule is O=C1SC(=Cc2c3ccccc3nc3ccccc23)C(=O)N1Cc1ccccc1[N+](=O)[O-]. The first-order chi connectivity index (χ1) is 15.5. The van der Waals surface area contributed by atoms with Crippen molar-refractivity contribution in [1.82, 2.24) is 9.88 Å². The number of fused-ring (bicyclic) bond motifs is 2. The monoisotopic (exact) mass is 441 g/mol. The first-order valence-corrected chi connectivity index (χ1v) is 10.6. The van der Waals surface area contributed by atoms with Gasteiger partial charge in [-0.05, 0) is 35.5 Å². The zero-order valence-electron chi connectivity index (χ0n) is 16.6. The van der Waals surface area contributed by atoms with Crippen LogP contribution in [0.2, 0.25) is 0 Å². The van der Waals surface area contributed by atoms with E-state index in [0.717, 1.165) is 44.0 Å². The summed E-state index contributed by atoms with van der Waals surface area (Å²) >= 11 is 0.836. The molecule has 5 rings (SSSR count). The van der Waals surface area contributed by atoms with Gasteiger partial charge < -0.3 is 0 Å². The molecule has 1 fully saturated rings. The van der Waals surface area contributed by atoms with E-state index in [4.69, 9.17) is 0 Å². The molecule has 0 spiro atoms. The zero-order valence-corrected chi connectivity index (χ0v) is 17.4. The van der Waals surface area contributed by atoms with Crippen molar-refractivity contribution in [1.29, 1.82) is 0 Å². The van der Waals surface area contributed by atoms with Gasteiger partial charge in [-0.15, -0.1) is 0 Å². The van der Waals surface area contributed by atoms with Gasteiger partial charge in [-0.25, -0.2) is 4.98 Å². The van der Waals surface area contributed by atoms with Crippen LogP contribution >= 0.6 is 11.8 Å². The molecule has 0 atom stereocenters. The Hall–Kier alpha value is -4.04. The Morgan fingerprint density at radius 3 is 2.16 bits per heavy atom. The van der Waals surface area contributed by atoms with Crippen molar-refractivity contribution in [3.8, 4) is 0 Å². The first kappa shape index (κ1) is 19.9. The minimum absolute atomic E-state index is 0.123. The summed E-state index contributed by atoms with van der Waals surface area (Å²) in [5.74, 6) is -0.469. The molecule has 2 heterocycles. The Kier molecular flexibility index (Phi) is 4.91. The first-order valence-electron chi connectivity index (χ1n) is 9.78. The highest BCUT2D eigenvalue weighted by Crippen LogP contribution is 2.37. The number of amides is 2. The Bertz CT molecular complexity index is 1410. The summed E-state index contributed by atoms with van der Waals surface area (Å²) in [6, 6.07) is 21.4. The van der Waals surface area contributed by atoms with Crippen molar-refractivity contribution in [2.24, 2.45) is 0 Å². The molecule has 8 heteroatoms. The van der Waals surface area contributed by atoms with Gasteiger partial charge in [-0.2, -0.15) is 0 Å². The Morgan fingerprint density at radius 2 is 1.50 bits per heavy atom. The number of aromatic nitrogens is 1. The molecule has 156 valence electrons. The van der Waals surface area contributed by atoms with Crippen molar-refractivity contribution in [3.05, 3.63) is 98.9 Å². The predicted octanol–water partition coefficient (Wildman–Crippen LogP) is 5.53. The minimum Gasteiger partial charge on any atom is -0.268 e. The second kappa shape index (κ2) is 7.90. The quantitative estimate of drug-likeness (QED) is 0.179. The van der Waals surface area contributed by atoms with Crippen LogP contribution in [0, 0.1) is 10.1 Å². The van der Waals surface area contributed by atoms with E-state index in [0.29, 0.717) is 5.56 Å². The lowest BCUT2D eigenvalue weighted by atomic mass is 10.0. The number of nitro benzene ring substituents is 1. The van der Waals surface area contributed by atoms with Crippen LogP contribution in [0.15, 0.2) is 77.7 Å². The Morgan fingerprint density at radius 1 is 0.906 bits per heavy atom. The van der Waals surface area contributed by atoms with Crippen LogP contribution in [0.4, 0.5) is 10.5 Å². The number of carbonyl (C=O) groups is 2. The van der Waals surface area contributed by atoms with Gasteiger partial charge in [0.15, 0.2) is 0 Å². The number of nitro groups is 1. The van der Waals surface area contributed by atoms with Crippen LogP contribution in [-0.2, 0) is 11.3 Å². The predicted molar refractivity (Wildman–Crippen MR) is 124 cm³/mol. The van der Waals surface area contributed by atoms with Crippen LogP contribution in [0.25, 0.3) is 27.9 Å². The number of para-hydroxylation sites is 3. The van der Waals surface area contributed by atoms with Gasteiger partial charge in [0.1, 0.15) is 0 Å². The summed E-state index contributed by atoms with van der Waals surface area (Å²) in [6.45, 7) is -0.156. The molecular formula is C24H15N3O4S. The third-order valence-electron chi connectivity index (χ3n) is 5.30. The fourth-order valence-electron chi connectivity index (χ4n) is 3.79. The number of imide groups is 1. The van der Waals surface area contributed by atoms with Crippen molar-refractivity contribution >= 4 is 56.5 Å². The number of thioether (sulfide) groups is 1. The van der Waals surface area contributed by atoms with E-state index in [1.807, 2.05) is 48.5 Å². The summed E-state index contributed by atoms with van der Waals surface area (Å²) in [5.41, 5.74) is 2.57. The Balaban J connectivity index is 1.58. The molecule has 0 N–H and O–H groups in total. The molecule has 0 radical (unpaired) electrons. The number of hydrogen-bond donors (Lipinski definition) is 0. The molecule has 1 saturated heterocycles. The Labute approximate surface area is 186 Å². The summed E-state index contributed by atoms with van der Waals surface area (Å²) in [4.78, 5) is 42.5. The maximum atomic E-state index is 13.1. The lowest BCUT2D eigenvalue weighted by Gasteiger charge is -2.12. The van der Waals surface area contributed by atoms with Gasteiger partial charge in [0.25, 0.3) is 16.8 Å². The fourth-order valence-corrected chi connectivity index (χ4v) is 4.61. The van der Waals surface area contributed by atoms with E-state index in [9.17, 15) is 19.7 Å². The number of hydrogen-bond acceptors (Lipinski definition) is 6. The van der Waals surface area contributed by atoms with Crippen LogP contribution in [-0.4, -0.2) is 26.0 Å². The molecule has 1 aromatic heterocycles. The van der Waals surface area contributed by atoms with Crippen molar-refractivity contribution in [2.75, 3.05) is 0 Å². The van der Waals surface area contributed by atoms with Gasteiger partial charge >= 0.3 is 0 Å². The number of rotatable bonds is 4. The highest BCUT2D eigenvalue weighted by atomic mass is 32.2. The van der Waals surface area contributed by atoms with Crippen LogP contribution in [0.5, 0.6) is 0 Å². The normalized spacial score (nSPS) is 15.2. The van der Waals surface area contributed by atoms with Gasteiger partial charge in [-0.3, -0.25) is 24.6 Å². The minimum atomic E-state index is -0.514. The standard InChI is InChI=1S/C24H15N3O4S/c28-23-22(32-24(29)26(23)14-15-7-1-6-12-21(15)27(30)31)13-18-16-8-2-4-10-19(16)25-20-11-5-3-9-17(18)20/h1-13H,14H2. The molecule has 4 aromatic rings. The van der Waals surface area contributed by atoms with Crippen LogP contribution in [0.1, 0.15) is 11.1 Å². The van der Waals surface area contributed by atoms with Crippen molar-refractivity contribution < 1.29 is 14.5 Å². The molecule has 1 aliphatic rings. The number of benzene rings is 3. The van der Waals surface area contributed by atoms with E-state index in [-0.39, 0.29) is 17.1 Å². The maximum absolute atomic E-state index is 13.1. The number of pyridine rings is 1. The maximum Gasteiger partial charge on any atom is 0.293 e. The summed E-state index contributed by atoms with van der Waals surface area (Å²) in [6.07, 6.45) is 1.72. The van der Waals surface area contributed by atoms with E-state index in [2.05, 4.69) is 4.98 Å². The van der Waals surface area contributed by atoms with E-state index in [1.54, 1.807) is 24.3 Å². The molecule has 0 unspecified atom stereocenters. The van der Waals surface area contributed by atoms with Gasteiger partial charge in [-0.1, -0.05) is 54.6 Å². The van der Waals surface area contributed by atoms with Gasteiger partial charge in [0.2, 0.25) is 0 Å². The van der Waals surface area contributed by atoms with E-state index in [1.165, 1.54) is 6.07 Å². The molecule has 0 bridgehead atoms. The second-order valence-electron chi connectivity index (χ2n) is 7.21. The molecule has 2 amide bonds. The molecule has 7 nitrogen and oxygen atoms in total. The third kappa shape index (κ3) is 3.40. The molecule has 0 aliphatic carbocycles. The number of carbonyl (C=O) groups excluding carboxylic acids is 2. The average molecular weight is 441 g/mol. The van der Waals surface area contributed by atoms with E-state index >= 15 is 0 Å². The molecule has 0 saturated carbocycles. The summed E-state index contributed by atoms with van der Waals surface area (Å²) in [5, 5.41) is 12.6. The smallest absolute Gasteiger partial charge is 0.268 e. The van der Waals surface area contributed by atoms with Gasteiger partial charge in [0, 0.05) is 22.4 Å². The van der Waals surface area contributed by atoms with E-state index < -0.39 is 16.1 Å². The average Bonchev–Trinajstić information content (AvgIpc) is 3.06. The molecule has 1 aliphatic heterocycles. The molecule has 32 heavy (non-hydrogen) atoms. The highest BCUT2D eigenvalue weighted by Gasteiger charge is 2.36. The third-order valence-corrected chi connectivity index (χ3v) is 6.20. The fraction of sp³-hybridized carbons (Fsp3) is 0.0417. The largest absolute Gasteiger partial charge is 0.293 e. The summed E-state index contributed by atoms with van der Waals surface area (Å²) in [7, 11) is 0. The molecule has 3 aromatic carbocycles. The topological polar surface area (TPSA) is 93.4 Å². The zero-order chi connectivity index (χ0) is 22.2. The number of nitrogens with zero attached hydrogens (tertiary/aromatic N) is 3. The van der Waals surface area contributed by atoms with Crippen LogP contribution < -0.4 is 0 Å². The van der Waals surface area contributed by atoms with Crippen molar-refractivity contribution in [2.45, 2.75) is 6.54 Å². The van der Waals surface area contributed by atoms with Crippen LogP contribution in [0.3, 0.4) is 0 Å². The van der Waals surface area contributed by atoms with Gasteiger partial charge in [0.05, 0.1) is 27.4 Å². The van der Waals surface area contributed by atoms with Crippen molar-refractivity contribution in [3.63, 3.8) is 0 Å². The lowest BCUT2D eigenvalue weighted by Crippen LogP contribution is -2.27. The summed E-state index contributed by atoms with van der Waals surface area (Å²) < 4.78 is 0. The molecular weight excluding hydrogens is 426 g/mol. The lowest BCUT2D eigenvalue weighted by molar-refractivity contribution is -0.385.